The second-order valence-electron chi connectivity index (χ2n) is 5.85. The second-order valence-corrected chi connectivity index (χ2v) is 7.92. The fourth-order valence-corrected chi connectivity index (χ4v) is 3.66. The molecule has 0 saturated carbocycles. The van der Waals surface area contributed by atoms with Crippen LogP contribution in [0.1, 0.15) is 28.2 Å². The van der Waals surface area contributed by atoms with Crippen LogP contribution in [0.3, 0.4) is 0 Å². The Morgan fingerprint density at radius 1 is 1.04 bits per heavy atom. The maximum atomic E-state index is 12.0. The van der Waals surface area contributed by atoms with Crippen molar-refractivity contribution in [2.75, 3.05) is 16.4 Å². The average molecular weight is 414 g/mol. The number of amides is 2. The van der Waals surface area contributed by atoms with Gasteiger partial charge < -0.3 is 10.6 Å². The van der Waals surface area contributed by atoms with Gasteiger partial charge in [-0.25, -0.2) is 4.98 Å². The molecular formula is C19H19N5O2S2. The van der Waals surface area contributed by atoms with Gasteiger partial charge in [-0.3, -0.25) is 9.59 Å². The molecule has 0 unspecified atom stereocenters. The first-order valence-corrected chi connectivity index (χ1v) is 10.5. The van der Waals surface area contributed by atoms with E-state index in [4.69, 9.17) is 0 Å². The summed E-state index contributed by atoms with van der Waals surface area (Å²) >= 11 is 2.89. The summed E-state index contributed by atoms with van der Waals surface area (Å²) in [6.45, 7) is 1.88. The van der Waals surface area contributed by atoms with Crippen molar-refractivity contribution < 1.29 is 9.59 Å². The molecule has 3 aromatic rings. The second kappa shape index (κ2) is 9.95. The molecule has 0 aliphatic carbocycles. The molecule has 28 heavy (non-hydrogen) atoms. The Bertz CT molecular complexity index is 930. The number of anilines is 2. The highest BCUT2D eigenvalue weighted by Gasteiger charge is 2.08. The van der Waals surface area contributed by atoms with E-state index in [2.05, 4.69) is 25.8 Å². The lowest BCUT2D eigenvalue weighted by Crippen LogP contribution is -2.12. The number of thiophene rings is 1. The number of pyridine rings is 1. The van der Waals surface area contributed by atoms with E-state index in [1.165, 1.54) is 23.1 Å². The molecule has 0 aromatic carbocycles. The van der Waals surface area contributed by atoms with E-state index in [9.17, 15) is 9.59 Å². The highest BCUT2D eigenvalue weighted by molar-refractivity contribution is 7.99. The molecule has 144 valence electrons. The van der Waals surface area contributed by atoms with E-state index in [0.29, 0.717) is 29.4 Å². The zero-order valence-electron chi connectivity index (χ0n) is 15.2. The van der Waals surface area contributed by atoms with Crippen molar-refractivity contribution >= 4 is 46.5 Å². The number of thioether (sulfide) groups is 1. The third-order valence-electron chi connectivity index (χ3n) is 3.58. The first kappa shape index (κ1) is 20.0. The van der Waals surface area contributed by atoms with Gasteiger partial charge in [0, 0.05) is 17.9 Å². The van der Waals surface area contributed by atoms with Gasteiger partial charge in [0.05, 0.1) is 4.88 Å². The Balaban J connectivity index is 1.38. The predicted molar refractivity (Wildman–Crippen MR) is 112 cm³/mol. The number of aromatic nitrogens is 3. The molecule has 3 rings (SSSR count). The van der Waals surface area contributed by atoms with Crippen molar-refractivity contribution in [1.29, 1.82) is 0 Å². The molecule has 0 bridgehead atoms. The normalized spacial score (nSPS) is 10.5. The van der Waals surface area contributed by atoms with Crippen molar-refractivity contribution in [2.24, 2.45) is 0 Å². The van der Waals surface area contributed by atoms with Crippen LogP contribution in [0.25, 0.3) is 0 Å². The molecule has 2 N–H and O–H groups in total. The first-order chi connectivity index (χ1) is 13.6. The molecular weight excluding hydrogens is 394 g/mol. The molecule has 0 aliphatic heterocycles. The summed E-state index contributed by atoms with van der Waals surface area (Å²) in [5.74, 6) is 1.47. The van der Waals surface area contributed by atoms with E-state index in [-0.39, 0.29) is 11.8 Å². The van der Waals surface area contributed by atoms with Crippen molar-refractivity contribution in [2.45, 2.75) is 24.8 Å². The summed E-state index contributed by atoms with van der Waals surface area (Å²) in [6.07, 6.45) is 1.12. The van der Waals surface area contributed by atoms with Gasteiger partial charge in [-0.15, -0.1) is 33.3 Å². The van der Waals surface area contributed by atoms with Gasteiger partial charge in [0.15, 0.2) is 5.82 Å². The topological polar surface area (TPSA) is 96.9 Å². The van der Waals surface area contributed by atoms with Crippen LogP contribution < -0.4 is 10.6 Å². The lowest BCUT2D eigenvalue weighted by molar-refractivity contribution is -0.116. The van der Waals surface area contributed by atoms with E-state index in [0.717, 1.165) is 16.5 Å². The number of hydrogen-bond acceptors (Lipinski definition) is 7. The Labute approximate surface area is 171 Å². The summed E-state index contributed by atoms with van der Waals surface area (Å²) in [5, 5.41) is 16.2. The summed E-state index contributed by atoms with van der Waals surface area (Å²) in [4.78, 5) is 28.8. The average Bonchev–Trinajstić information content (AvgIpc) is 3.21. The lowest BCUT2D eigenvalue weighted by Gasteiger charge is -2.05. The summed E-state index contributed by atoms with van der Waals surface area (Å²) in [7, 11) is 0. The Morgan fingerprint density at radius 2 is 1.93 bits per heavy atom. The summed E-state index contributed by atoms with van der Waals surface area (Å²) in [6, 6.07) is 12.6. The first-order valence-electron chi connectivity index (χ1n) is 8.65. The van der Waals surface area contributed by atoms with Crippen LogP contribution in [-0.4, -0.2) is 32.7 Å². The van der Waals surface area contributed by atoms with Crippen LogP contribution in [0.15, 0.2) is 52.9 Å². The molecule has 0 aliphatic rings. The molecule has 3 aromatic heterocycles. The van der Waals surface area contributed by atoms with Gasteiger partial charge in [0.2, 0.25) is 5.91 Å². The molecule has 0 fully saturated rings. The quantitative estimate of drug-likeness (QED) is 0.428. The van der Waals surface area contributed by atoms with Gasteiger partial charge in [0.1, 0.15) is 10.8 Å². The van der Waals surface area contributed by atoms with Gasteiger partial charge in [0.25, 0.3) is 5.91 Å². The predicted octanol–water partition coefficient (Wildman–Crippen LogP) is 4.00. The molecule has 7 nitrogen and oxygen atoms in total. The molecule has 0 saturated heterocycles. The summed E-state index contributed by atoms with van der Waals surface area (Å²) < 4.78 is 0. The van der Waals surface area contributed by atoms with E-state index < -0.39 is 0 Å². The fourth-order valence-electron chi connectivity index (χ4n) is 2.28. The van der Waals surface area contributed by atoms with Crippen molar-refractivity contribution in [3.05, 3.63) is 58.4 Å². The number of carbonyl (C=O) groups is 2. The van der Waals surface area contributed by atoms with Crippen molar-refractivity contribution in [3.63, 3.8) is 0 Å². The molecule has 0 atom stereocenters. The molecule has 0 radical (unpaired) electrons. The SMILES string of the molecule is Cc1cccc(NC(=O)CCCSc2ccc(NC(=O)c3cccs3)nn2)n1. The molecule has 3 heterocycles. The minimum Gasteiger partial charge on any atom is -0.311 e. The van der Waals surface area contributed by atoms with Crippen LogP contribution >= 0.6 is 23.1 Å². The van der Waals surface area contributed by atoms with Crippen molar-refractivity contribution in [1.82, 2.24) is 15.2 Å². The Kier molecular flexibility index (Phi) is 7.10. The van der Waals surface area contributed by atoms with E-state index >= 15 is 0 Å². The standard InChI is InChI=1S/C19H19N5O2S2/c1-13-5-2-7-15(20-13)21-17(25)8-4-12-28-18-10-9-16(23-24-18)22-19(26)14-6-3-11-27-14/h2-3,5-7,9-11H,4,8,12H2,1H3,(H,20,21,25)(H,22,23,26). The Morgan fingerprint density at radius 3 is 2.64 bits per heavy atom. The van der Waals surface area contributed by atoms with Crippen LogP contribution in [0.5, 0.6) is 0 Å². The van der Waals surface area contributed by atoms with E-state index in [1.54, 1.807) is 24.3 Å². The van der Waals surface area contributed by atoms with E-state index in [1.807, 2.05) is 30.5 Å². The third-order valence-corrected chi connectivity index (χ3v) is 5.46. The number of hydrogen-bond donors (Lipinski definition) is 2. The minimum atomic E-state index is -0.196. The monoisotopic (exact) mass is 413 g/mol. The highest BCUT2D eigenvalue weighted by Crippen LogP contribution is 2.18. The molecule has 2 amide bonds. The smallest absolute Gasteiger partial charge is 0.266 e. The molecule has 9 heteroatoms. The number of carbonyl (C=O) groups excluding carboxylic acids is 2. The van der Waals surface area contributed by atoms with Gasteiger partial charge in [-0.05, 0) is 49.1 Å². The Hall–Kier alpha value is -2.78. The summed E-state index contributed by atoms with van der Waals surface area (Å²) in [5.41, 5.74) is 0.863. The zero-order chi connectivity index (χ0) is 19.8. The number of aryl methyl sites for hydroxylation is 1. The van der Waals surface area contributed by atoms with Gasteiger partial charge in [-0.2, -0.15) is 0 Å². The van der Waals surface area contributed by atoms with Crippen LogP contribution in [0.2, 0.25) is 0 Å². The van der Waals surface area contributed by atoms with Crippen LogP contribution in [0, 0.1) is 6.92 Å². The number of rotatable bonds is 8. The zero-order valence-corrected chi connectivity index (χ0v) is 16.8. The minimum absolute atomic E-state index is 0.0589. The fraction of sp³-hybridized carbons (Fsp3) is 0.211. The largest absolute Gasteiger partial charge is 0.311 e. The lowest BCUT2D eigenvalue weighted by atomic mass is 10.3. The van der Waals surface area contributed by atoms with Gasteiger partial charge in [-0.1, -0.05) is 12.1 Å². The maximum absolute atomic E-state index is 12.0. The van der Waals surface area contributed by atoms with Crippen LogP contribution in [-0.2, 0) is 4.79 Å². The third kappa shape index (κ3) is 6.14. The highest BCUT2D eigenvalue weighted by atomic mass is 32.2. The van der Waals surface area contributed by atoms with Gasteiger partial charge >= 0.3 is 0 Å². The molecule has 0 spiro atoms. The van der Waals surface area contributed by atoms with Crippen LogP contribution in [0.4, 0.5) is 11.6 Å². The maximum Gasteiger partial charge on any atom is 0.266 e. The number of nitrogens with one attached hydrogen (secondary N) is 2. The number of nitrogens with zero attached hydrogens (tertiary/aromatic N) is 3. The van der Waals surface area contributed by atoms with Crippen molar-refractivity contribution in [3.8, 4) is 0 Å².